The first-order chi connectivity index (χ1) is 13.1. The van der Waals surface area contributed by atoms with E-state index in [1.165, 1.54) is 11.8 Å². The maximum absolute atomic E-state index is 12.7. The molecule has 0 aliphatic heterocycles. The highest BCUT2D eigenvalue weighted by Crippen LogP contribution is 2.36. The Balaban J connectivity index is 1.63. The lowest BCUT2D eigenvalue weighted by atomic mass is 10.1. The van der Waals surface area contributed by atoms with E-state index in [1.807, 2.05) is 44.3 Å². The molecule has 27 heavy (non-hydrogen) atoms. The van der Waals surface area contributed by atoms with Crippen LogP contribution < -0.4 is 10.1 Å². The second kappa shape index (κ2) is 6.96. The minimum atomic E-state index is -0.357. The number of carbonyl (C=O) groups excluding carboxylic acids is 1. The highest BCUT2D eigenvalue weighted by molar-refractivity contribution is 8.00. The molecule has 1 atom stereocenters. The highest BCUT2D eigenvalue weighted by atomic mass is 32.2. The first-order valence-electron chi connectivity index (χ1n) is 8.37. The first-order valence-corrected chi connectivity index (χ1v) is 9.25. The number of hydrogen-bond donors (Lipinski definition) is 1. The number of benzene rings is 2. The van der Waals surface area contributed by atoms with E-state index < -0.39 is 0 Å². The summed E-state index contributed by atoms with van der Waals surface area (Å²) in [6, 6.07) is 11.5. The van der Waals surface area contributed by atoms with Gasteiger partial charge in [-0.15, -0.1) is 10.2 Å². The monoisotopic (exact) mass is 382 g/mol. The second-order valence-corrected chi connectivity index (χ2v) is 7.43. The molecule has 0 spiro atoms. The number of rotatable bonds is 5. The first kappa shape index (κ1) is 17.4. The van der Waals surface area contributed by atoms with Gasteiger partial charge in [-0.25, -0.2) is 0 Å². The van der Waals surface area contributed by atoms with Gasteiger partial charge in [0.25, 0.3) is 0 Å². The Kier molecular flexibility index (Phi) is 4.49. The summed E-state index contributed by atoms with van der Waals surface area (Å²) >= 11 is 1.34. The van der Waals surface area contributed by atoms with E-state index in [2.05, 4.69) is 15.5 Å². The lowest BCUT2D eigenvalue weighted by molar-refractivity contribution is -0.115. The van der Waals surface area contributed by atoms with Crippen LogP contribution in [0.5, 0.6) is 5.75 Å². The molecule has 7 nitrogen and oxygen atoms in total. The van der Waals surface area contributed by atoms with E-state index in [1.54, 1.807) is 24.1 Å². The molecule has 4 aromatic rings. The topological polar surface area (TPSA) is 82.2 Å². The number of furan rings is 1. The Morgan fingerprint density at radius 1 is 1.26 bits per heavy atom. The molecule has 8 heteroatoms. The number of hydrogen-bond acceptors (Lipinski definition) is 6. The Hall–Kier alpha value is -3.00. The number of carbonyl (C=O) groups is 1. The minimum Gasteiger partial charge on any atom is -0.495 e. The Bertz CT molecular complexity index is 1130. The number of fused-ring (bicyclic) bond motifs is 3. The van der Waals surface area contributed by atoms with Crippen molar-refractivity contribution in [2.45, 2.75) is 17.3 Å². The van der Waals surface area contributed by atoms with Crippen molar-refractivity contribution >= 4 is 45.3 Å². The number of anilines is 1. The standard InChI is InChI=1S/C19H18N4O3S/c1-11(27-19-22-20-10-23(19)2)18(24)21-14-9-16-13(8-17(14)25-3)12-6-4-5-7-15(12)26-16/h4-11H,1-3H3,(H,21,24). The lowest BCUT2D eigenvalue weighted by Crippen LogP contribution is -2.23. The van der Waals surface area contributed by atoms with Gasteiger partial charge in [0.15, 0.2) is 5.16 Å². The Morgan fingerprint density at radius 3 is 2.81 bits per heavy atom. The van der Waals surface area contributed by atoms with Gasteiger partial charge < -0.3 is 19.0 Å². The van der Waals surface area contributed by atoms with E-state index in [-0.39, 0.29) is 11.2 Å². The summed E-state index contributed by atoms with van der Waals surface area (Å²) in [5.74, 6) is 0.426. The third kappa shape index (κ3) is 3.23. The van der Waals surface area contributed by atoms with E-state index in [0.29, 0.717) is 22.2 Å². The molecule has 2 heterocycles. The molecule has 0 aliphatic rings. The summed E-state index contributed by atoms with van der Waals surface area (Å²) in [5, 5.41) is 13.0. The molecule has 0 radical (unpaired) electrons. The molecule has 2 aromatic heterocycles. The second-order valence-electron chi connectivity index (χ2n) is 6.12. The van der Waals surface area contributed by atoms with Gasteiger partial charge in [-0.3, -0.25) is 4.79 Å². The van der Waals surface area contributed by atoms with Crippen LogP contribution in [0.1, 0.15) is 6.92 Å². The molecule has 0 fully saturated rings. The number of aryl methyl sites for hydroxylation is 1. The molecule has 2 aromatic carbocycles. The molecule has 1 amide bonds. The minimum absolute atomic E-state index is 0.156. The molecule has 0 bridgehead atoms. The van der Waals surface area contributed by atoms with Crippen LogP contribution in [0, 0.1) is 0 Å². The van der Waals surface area contributed by atoms with Crippen molar-refractivity contribution in [3.63, 3.8) is 0 Å². The maximum atomic E-state index is 12.7. The molecule has 1 unspecified atom stereocenters. The van der Waals surface area contributed by atoms with Gasteiger partial charge >= 0.3 is 0 Å². The molecule has 0 saturated heterocycles. The van der Waals surface area contributed by atoms with E-state index in [4.69, 9.17) is 9.15 Å². The van der Waals surface area contributed by atoms with Crippen LogP contribution in [0.2, 0.25) is 0 Å². The van der Waals surface area contributed by atoms with Crippen LogP contribution in [0.3, 0.4) is 0 Å². The number of thioether (sulfide) groups is 1. The quantitative estimate of drug-likeness (QED) is 0.528. The average molecular weight is 382 g/mol. The van der Waals surface area contributed by atoms with Gasteiger partial charge in [-0.2, -0.15) is 0 Å². The molecule has 0 aliphatic carbocycles. The summed E-state index contributed by atoms with van der Waals surface area (Å²) in [6.45, 7) is 1.82. The van der Waals surface area contributed by atoms with E-state index >= 15 is 0 Å². The lowest BCUT2D eigenvalue weighted by Gasteiger charge is -2.14. The summed E-state index contributed by atoms with van der Waals surface area (Å²) in [7, 11) is 3.42. The molecule has 4 rings (SSSR count). The molecular weight excluding hydrogens is 364 g/mol. The molecule has 0 saturated carbocycles. The number of ether oxygens (including phenoxy) is 1. The van der Waals surface area contributed by atoms with E-state index in [9.17, 15) is 4.79 Å². The zero-order chi connectivity index (χ0) is 19.0. The van der Waals surface area contributed by atoms with Crippen molar-refractivity contribution < 1.29 is 13.9 Å². The number of para-hydroxylation sites is 1. The normalized spacial score (nSPS) is 12.4. The average Bonchev–Trinajstić information content (AvgIpc) is 3.23. The smallest absolute Gasteiger partial charge is 0.237 e. The predicted octanol–water partition coefficient (Wildman–Crippen LogP) is 3.84. The van der Waals surface area contributed by atoms with Crippen molar-refractivity contribution in [3.05, 3.63) is 42.7 Å². The summed E-state index contributed by atoms with van der Waals surface area (Å²) in [4.78, 5) is 12.7. The molecule has 1 N–H and O–H groups in total. The summed E-state index contributed by atoms with van der Waals surface area (Å²) < 4.78 is 13.2. The van der Waals surface area contributed by atoms with Gasteiger partial charge in [0.2, 0.25) is 5.91 Å². The number of amides is 1. The third-order valence-corrected chi connectivity index (χ3v) is 5.43. The third-order valence-electron chi connectivity index (χ3n) is 4.28. The van der Waals surface area contributed by atoms with E-state index in [0.717, 1.165) is 16.4 Å². The van der Waals surface area contributed by atoms with Gasteiger partial charge in [-0.05, 0) is 19.1 Å². The zero-order valence-electron chi connectivity index (χ0n) is 15.1. The fraction of sp³-hybridized carbons (Fsp3) is 0.211. The predicted molar refractivity (Wildman–Crippen MR) is 105 cm³/mol. The van der Waals surface area contributed by atoms with Crippen LogP contribution in [0.25, 0.3) is 21.9 Å². The molecular formula is C19H18N4O3S. The van der Waals surface area contributed by atoms with Gasteiger partial charge in [0, 0.05) is 23.9 Å². The number of nitrogens with zero attached hydrogens (tertiary/aromatic N) is 3. The van der Waals surface area contributed by atoms with Crippen LogP contribution in [0.4, 0.5) is 5.69 Å². The fourth-order valence-corrected chi connectivity index (χ4v) is 3.63. The SMILES string of the molecule is COc1cc2c(cc1NC(=O)C(C)Sc1nncn1C)oc1ccccc12. The van der Waals surface area contributed by atoms with Crippen molar-refractivity contribution in [2.75, 3.05) is 12.4 Å². The van der Waals surface area contributed by atoms with Crippen LogP contribution in [0.15, 0.2) is 52.3 Å². The highest BCUT2D eigenvalue weighted by Gasteiger charge is 2.20. The van der Waals surface area contributed by atoms with Gasteiger partial charge in [0.05, 0.1) is 18.0 Å². The number of methoxy groups -OCH3 is 1. The zero-order valence-corrected chi connectivity index (χ0v) is 15.9. The summed E-state index contributed by atoms with van der Waals surface area (Å²) in [6.07, 6.45) is 1.60. The fourth-order valence-electron chi connectivity index (χ4n) is 2.84. The van der Waals surface area contributed by atoms with Crippen molar-refractivity contribution in [1.82, 2.24) is 14.8 Å². The van der Waals surface area contributed by atoms with Crippen molar-refractivity contribution in [1.29, 1.82) is 0 Å². The van der Waals surface area contributed by atoms with Crippen LogP contribution in [-0.2, 0) is 11.8 Å². The van der Waals surface area contributed by atoms with Gasteiger partial charge in [0.1, 0.15) is 23.2 Å². The number of aromatic nitrogens is 3. The molecule has 138 valence electrons. The maximum Gasteiger partial charge on any atom is 0.237 e. The van der Waals surface area contributed by atoms with Crippen LogP contribution in [-0.4, -0.2) is 33.0 Å². The van der Waals surface area contributed by atoms with Crippen molar-refractivity contribution in [3.8, 4) is 5.75 Å². The van der Waals surface area contributed by atoms with Gasteiger partial charge in [-0.1, -0.05) is 30.0 Å². The van der Waals surface area contributed by atoms with Crippen molar-refractivity contribution in [2.24, 2.45) is 7.05 Å². The Labute approximate surface area is 159 Å². The van der Waals surface area contributed by atoms with Crippen LogP contribution >= 0.6 is 11.8 Å². The number of nitrogens with one attached hydrogen (secondary N) is 1. The summed E-state index contributed by atoms with van der Waals surface area (Å²) in [5.41, 5.74) is 2.06. The Morgan fingerprint density at radius 2 is 2.07 bits per heavy atom. The largest absolute Gasteiger partial charge is 0.495 e.